The van der Waals surface area contributed by atoms with Crippen LogP contribution in [0, 0.1) is 0 Å². The molecule has 0 aromatic heterocycles. The van der Waals surface area contributed by atoms with E-state index in [0.29, 0.717) is 17.6 Å². The molecule has 0 aliphatic carbocycles. The lowest BCUT2D eigenvalue weighted by Gasteiger charge is -2.50. The molecule has 0 bridgehead atoms. The van der Waals surface area contributed by atoms with Gasteiger partial charge in [0, 0.05) is 37.3 Å². The van der Waals surface area contributed by atoms with Gasteiger partial charge in [-0.15, -0.1) is 0 Å². The summed E-state index contributed by atoms with van der Waals surface area (Å²) >= 11 is 0. The van der Waals surface area contributed by atoms with Gasteiger partial charge in [-0.3, -0.25) is 4.90 Å². The topological polar surface area (TPSA) is 24.5 Å². The molecule has 2 rings (SSSR count). The summed E-state index contributed by atoms with van der Waals surface area (Å²) in [7, 11) is 0. The van der Waals surface area contributed by atoms with Crippen molar-refractivity contribution in [3.8, 4) is 0 Å². The quantitative estimate of drug-likeness (QED) is 0.813. The van der Waals surface area contributed by atoms with Crippen LogP contribution in [0.3, 0.4) is 0 Å². The Morgan fingerprint density at radius 1 is 1.41 bits per heavy atom. The van der Waals surface area contributed by atoms with E-state index in [4.69, 9.17) is 4.74 Å². The molecule has 0 aromatic rings. The van der Waals surface area contributed by atoms with Crippen molar-refractivity contribution in [2.24, 2.45) is 0 Å². The molecule has 3 atom stereocenters. The summed E-state index contributed by atoms with van der Waals surface area (Å²) in [4.78, 5) is 2.73. The van der Waals surface area contributed by atoms with E-state index in [1.807, 2.05) is 0 Å². The molecule has 1 N–H and O–H groups in total. The molecular formula is C14H28N2O. The minimum atomic E-state index is 0.322. The Kier molecular flexibility index (Phi) is 4.45. The lowest BCUT2D eigenvalue weighted by Crippen LogP contribution is -2.65. The van der Waals surface area contributed by atoms with E-state index in [0.717, 1.165) is 19.8 Å². The zero-order valence-corrected chi connectivity index (χ0v) is 11.7. The molecule has 0 aromatic carbocycles. The summed E-state index contributed by atoms with van der Waals surface area (Å²) < 4.78 is 5.58. The number of nitrogens with zero attached hydrogens (tertiary/aromatic N) is 1. The van der Waals surface area contributed by atoms with E-state index in [1.54, 1.807) is 0 Å². The molecule has 2 fully saturated rings. The molecule has 3 nitrogen and oxygen atoms in total. The maximum absolute atomic E-state index is 5.58. The average Bonchev–Trinajstić information content (AvgIpc) is 2.85. The average molecular weight is 240 g/mol. The Hall–Kier alpha value is -0.120. The van der Waals surface area contributed by atoms with Crippen molar-refractivity contribution in [3.05, 3.63) is 0 Å². The van der Waals surface area contributed by atoms with E-state index >= 15 is 0 Å². The van der Waals surface area contributed by atoms with Crippen LogP contribution in [0.2, 0.25) is 0 Å². The predicted molar refractivity (Wildman–Crippen MR) is 71.3 cm³/mol. The molecule has 17 heavy (non-hydrogen) atoms. The molecule has 3 heteroatoms. The van der Waals surface area contributed by atoms with E-state index in [9.17, 15) is 0 Å². The monoisotopic (exact) mass is 240 g/mol. The fraction of sp³-hybridized carbons (Fsp3) is 1.00. The van der Waals surface area contributed by atoms with Gasteiger partial charge >= 0.3 is 0 Å². The highest BCUT2D eigenvalue weighted by molar-refractivity contribution is 4.98. The normalized spacial score (nSPS) is 39.7. The fourth-order valence-electron chi connectivity index (χ4n) is 3.22. The van der Waals surface area contributed by atoms with Gasteiger partial charge in [0.2, 0.25) is 0 Å². The first kappa shape index (κ1) is 13.3. The van der Waals surface area contributed by atoms with Crippen molar-refractivity contribution < 1.29 is 4.74 Å². The summed E-state index contributed by atoms with van der Waals surface area (Å²) in [6.45, 7) is 11.2. The van der Waals surface area contributed by atoms with Crippen LogP contribution in [-0.4, -0.2) is 48.8 Å². The van der Waals surface area contributed by atoms with Crippen molar-refractivity contribution in [2.45, 2.75) is 64.1 Å². The Balaban J connectivity index is 2.04. The molecule has 0 spiro atoms. The zero-order chi connectivity index (χ0) is 12.3. The Morgan fingerprint density at radius 2 is 2.24 bits per heavy atom. The van der Waals surface area contributed by atoms with Crippen molar-refractivity contribution in [1.82, 2.24) is 10.2 Å². The van der Waals surface area contributed by atoms with Crippen molar-refractivity contribution in [1.29, 1.82) is 0 Å². The third kappa shape index (κ3) is 2.83. The second kappa shape index (κ2) is 5.68. The van der Waals surface area contributed by atoms with Crippen molar-refractivity contribution >= 4 is 0 Å². The van der Waals surface area contributed by atoms with E-state index in [1.165, 1.54) is 32.2 Å². The number of rotatable bonds is 4. The van der Waals surface area contributed by atoms with Gasteiger partial charge in [-0.1, -0.05) is 20.3 Å². The molecule has 0 radical (unpaired) electrons. The van der Waals surface area contributed by atoms with Crippen LogP contribution in [0.1, 0.15) is 46.5 Å². The predicted octanol–water partition coefficient (Wildman–Crippen LogP) is 2.02. The number of nitrogens with one attached hydrogen (secondary N) is 1. The molecule has 2 saturated heterocycles. The summed E-state index contributed by atoms with van der Waals surface area (Å²) in [6.07, 6.45) is 5.00. The van der Waals surface area contributed by atoms with Crippen LogP contribution in [-0.2, 0) is 4.74 Å². The number of ether oxygens (including phenoxy) is 1. The highest BCUT2D eigenvalue weighted by atomic mass is 16.5. The zero-order valence-electron chi connectivity index (χ0n) is 11.7. The fourth-order valence-corrected chi connectivity index (χ4v) is 3.22. The van der Waals surface area contributed by atoms with Gasteiger partial charge in [0.25, 0.3) is 0 Å². The first-order valence-corrected chi connectivity index (χ1v) is 7.27. The van der Waals surface area contributed by atoms with E-state index in [-0.39, 0.29) is 0 Å². The van der Waals surface area contributed by atoms with Crippen LogP contribution in [0.5, 0.6) is 0 Å². The number of hydrogen-bond acceptors (Lipinski definition) is 3. The first-order valence-electron chi connectivity index (χ1n) is 7.27. The van der Waals surface area contributed by atoms with Gasteiger partial charge in [0.05, 0.1) is 6.61 Å². The second-order valence-electron chi connectivity index (χ2n) is 5.89. The third-order valence-electron chi connectivity index (χ3n) is 4.63. The third-order valence-corrected chi connectivity index (χ3v) is 4.63. The molecular weight excluding hydrogens is 212 g/mol. The van der Waals surface area contributed by atoms with E-state index in [2.05, 4.69) is 31.0 Å². The lowest BCUT2D eigenvalue weighted by molar-refractivity contribution is 0.00481. The van der Waals surface area contributed by atoms with Crippen molar-refractivity contribution in [2.75, 3.05) is 26.3 Å². The minimum absolute atomic E-state index is 0.322. The van der Waals surface area contributed by atoms with Crippen LogP contribution in [0.4, 0.5) is 0 Å². The van der Waals surface area contributed by atoms with Crippen LogP contribution in [0.15, 0.2) is 0 Å². The Labute approximate surface area is 106 Å². The molecule has 100 valence electrons. The molecule has 0 saturated carbocycles. The molecule has 3 unspecified atom stereocenters. The Bertz CT molecular complexity index is 240. The van der Waals surface area contributed by atoms with Gasteiger partial charge in [-0.05, 0) is 26.2 Å². The maximum atomic E-state index is 5.58. The van der Waals surface area contributed by atoms with Crippen molar-refractivity contribution in [3.63, 3.8) is 0 Å². The summed E-state index contributed by atoms with van der Waals surface area (Å²) in [6, 6.07) is 1.33. The van der Waals surface area contributed by atoms with Gasteiger partial charge in [0.1, 0.15) is 0 Å². The highest BCUT2D eigenvalue weighted by Crippen LogP contribution is 2.29. The van der Waals surface area contributed by atoms with Crippen LogP contribution >= 0.6 is 0 Å². The molecule has 0 amide bonds. The SMILES string of the molecule is CCCC1CN(C2CCOC2)C(C)(CC)CN1. The van der Waals surface area contributed by atoms with E-state index < -0.39 is 0 Å². The highest BCUT2D eigenvalue weighted by Gasteiger charge is 2.40. The summed E-state index contributed by atoms with van der Waals surface area (Å²) in [5.74, 6) is 0. The summed E-state index contributed by atoms with van der Waals surface area (Å²) in [5, 5.41) is 3.73. The van der Waals surface area contributed by atoms with Crippen LogP contribution < -0.4 is 5.32 Å². The van der Waals surface area contributed by atoms with Gasteiger partial charge in [-0.2, -0.15) is 0 Å². The molecule has 2 aliphatic rings. The van der Waals surface area contributed by atoms with Gasteiger partial charge < -0.3 is 10.1 Å². The maximum Gasteiger partial charge on any atom is 0.0622 e. The molecule has 2 aliphatic heterocycles. The smallest absolute Gasteiger partial charge is 0.0622 e. The Morgan fingerprint density at radius 3 is 2.82 bits per heavy atom. The minimum Gasteiger partial charge on any atom is -0.380 e. The second-order valence-corrected chi connectivity index (χ2v) is 5.89. The number of piperazine rings is 1. The first-order chi connectivity index (χ1) is 8.19. The van der Waals surface area contributed by atoms with Crippen LogP contribution in [0.25, 0.3) is 0 Å². The van der Waals surface area contributed by atoms with Gasteiger partial charge in [0.15, 0.2) is 0 Å². The standard InChI is InChI=1S/C14H28N2O/c1-4-6-12-9-16(13-7-8-17-10-13)14(3,5-2)11-15-12/h12-13,15H,4-11H2,1-3H3. The summed E-state index contributed by atoms with van der Waals surface area (Å²) in [5.41, 5.74) is 0.322. The molecule has 2 heterocycles. The van der Waals surface area contributed by atoms with Gasteiger partial charge in [-0.25, -0.2) is 0 Å². The number of hydrogen-bond donors (Lipinski definition) is 1. The lowest BCUT2D eigenvalue weighted by atomic mass is 9.89. The largest absolute Gasteiger partial charge is 0.380 e.